The van der Waals surface area contributed by atoms with Crippen molar-refractivity contribution < 1.29 is 4.79 Å². The summed E-state index contributed by atoms with van der Waals surface area (Å²) in [6, 6.07) is 12.4. The molecule has 1 N–H and O–H groups in total. The Balaban J connectivity index is 0.00000176. The normalized spacial score (nSPS) is 17.0. The van der Waals surface area contributed by atoms with Crippen molar-refractivity contribution >= 4 is 35.3 Å². The monoisotopic (exact) mass is 336 g/mol. The molecule has 0 spiro atoms. The van der Waals surface area contributed by atoms with Gasteiger partial charge in [0.1, 0.15) is 0 Å². The summed E-state index contributed by atoms with van der Waals surface area (Å²) in [5.41, 5.74) is 2.17. The molecule has 1 fully saturated rings. The van der Waals surface area contributed by atoms with Gasteiger partial charge in [-0.15, -0.1) is 12.4 Å². The lowest BCUT2D eigenvalue weighted by Crippen LogP contribution is -2.35. The number of hydrogen-bond donors (Lipinski definition) is 1. The SMILES string of the molecule is Cl.O=C(CC1CCCN1)N(Cc1ccsc1)c1ccccc1. The topological polar surface area (TPSA) is 32.3 Å². The molecule has 1 aromatic carbocycles. The van der Waals surface area contributed by atoms with Crippen LogP contribution in [0.15, 0.2) is 47.2 Å². The zero-order chi connectivity index (χ0) is 14.5. The lowest BCUT2D eigenvalue weighted by Gasteiger charge is -2.24. The Hall–Kier alpha value is -1.36. The molecule has 2 heterocycles. The first kappa shape index (κ1) is 17.0. The number of amides is 1. The van der Waals surface area contributed by atoms with Gasteiger partial charge in [-0.25, -0.2) is 0 Å². The maximum absolute atomic E-state index is 12.7. The van der Waals surface area contributed by atoms with E-state index < -0.39 is 0 Å². The number of anilines is 1. The summed E-state index contributed by atoms with van der Waals surface area (Å²) >= 11 is 1.67. The minimum absolute atomic E-state index is 0. The van der Waals surface area contributed by atoms with Gasteiger partial charge in [-0.05, 0) is 53.9 Å². The second-order valence-corrected chi connectivity index (χ2v) is 6.22. The van der Waals surface area contributed by atoms with Gasteiger partial charge in [-0.2, -0.15) is 11.3 Å². The quantitative estimate of drug-likeness (QED) is 0.899. The summed E-state index contributed by atoms with van der Waals surface area (Å²) in [5.74, 6) is 0.201. The van der Waals surface area contributed by atoms with E-state index in [0.717, 1.165) is 18.7 Å². The Morgan fingerprint density at radius 2 is 2.09 bits per heavy atom. The average Bonchev–Trinajstić information content (AvgIpc) is 3.19. The Bertz CT molecular complexity index is 568. The fourth-order valence-corrected chi connectivity index (χ4v) is 3.41. The van der Waals surface area contributed by atoms with E-state index in [4.69, 9.17) is 0 Å². The molecule has 1 atom stereocenters. The first-order valence-corrected chi connectivity index (χ1v) is 8.37. The first-order chi connectivity index (χ1) is 10.3. The molecular formula is C17H21ClN2OS. The van der Waals surface area contributed by atoms with Crippen molar-refractivity contribution in [1.29, 1.82) is 0 Å². The summed E-state index contributed by atoms with van der Waals surface area (Å²) in [5, 5.41) is 7.57. The van der Waals surface area contributed by atoms with Crippen LogP contribution in [0.3, 0.4) is 0 Å². The number of carbonyl (C=O) groups is 1. The van der Waals surface area contributed by atoms with Crippen molar-refractivity contribution in [2.45, 2.75) is 31.8 Å². The largest absolute Gasteiger partial charge is 0.313 e. The van der Waals surface area contributed by atoms with Crippen LogP contribution in [-0.2, 0) is 11.3 Å². The van der Waals surface area contributed by atoms with Gasteiger partial charge in [0.2, 0.25) is 5.91 Å². The Kier molecular flexibility index (Phi) is 6.43. The van der Waals surface area contributed by atoms with E-state index in [0.29, 0.717) is 19.0 Å². The molecule has 1 aliphatic rings. The Morgan fingerprint density at radius 1 is 1.27 bits per heavy atom. The van der Waals surface area contributed by atoms with Gasteiger partial charge < -0.3 is 10.2 Å². The van der Waals surface area contributed by atoms with Crippen LogP contribution >= 0.6 is 23.7 Å². The van der Waals surface area contributed by atoms with Crippen LogP contribution in [0.25, 0.3) is 0 Å². The fraction of sp³-hybridized carbons (Fsp3) is 0.353. The molecule has 22 heavy (non-hydrogen) atoms. The van der Waals surface area contributed by atoms with Crippen molar-refractivity contribution in [2.75, 3.05) is 11.4 Å². The average molecular weight is 337 g/mol. The summed E-state index contributed by atoms with van der Waals surface area (Å²) < 4.78 is 0. The highest BCUT2D eigenvalue weighted by atomic mass is 35.5. The molecule has 1 aliphatic heterocycles. The van der Waals surface area contributed by atoms with Crippen molar-refractivity contribution in [3.05, 3.63) is 52.7 Å². The van der Waals surface area contributed by atoms with E-state index in [9.17, 15) is 4.79 Å². The lowest BCUT2D eigenvalue weighted by atomic mass is 10.1. The number of hydrogen-bond acceptors (Lipinski definition) is 3. The van der Waals surface area contributed by atoms with Crippen LogP contribution in [0.1, 0.15) is 24.8 Å². The number of para-hydroxylation sites is 1. The van der Waals surface area contributed by atoms with Crippen LogP contribution in [-0.4, -0.2) is 18.5 Å². The van der Waals surface area contributed by atoms with E-state index in [-0.39, 0.29) is 18.3 Å². The molecule has 5 heteroatoms. The summed E-state index contributed by atoms with van der Waals surface area (Å²) in [7, 11) is 0. The molecule has 0 radical (unpaired) electrons. The predicted molar refractivity (Wildman–Crippen MR) is 94.8 cm³/mol. The number of benzene rings is 1. The second-order valence-electron chi connectivity index (χ2n) is 5.44. The third kappa shape index (κ3) is 4.32. The standard InChI is InChI=1S/C17H20N2OS.ClH/c20-17(11-15-5-4-9-18-15)19(12-14-8-10-21-13-14)16-6-2-1-3-7-16;/h1-3,6-8,10,13,15,18H,4-5,9,11-12H2;1H. The van der Waals surface area contributed by atoms with Gasteiger partial charge in [0.15, 0.2) is 0 Å². The maximum atomic E-state index is 12.7. The van der Waals surface area contributed by atoms with Crippen molar-refractivity contribution in [1.82, 2.24) is 5.32 Å². The van der Waals surface area contributed by atoms with Crippen molar-refractivity contribution in [3.8, 4) is 0 Å². The number of carbonyl (C=O) groups excluding carboxylic acids is 1. The molecule has 1 saturated heterocycles. The highest BCUT2D eigenvalue weighted by molar-refractivity contribution is 7.07. The van der Waals surface area contributed by atoms with Crippen molar-refractivity contribution in [2.24, 2.45) is 0 Å². The van der Waals surface area contributed by atoms with Crippen LogP contribution < -0.4 is 10.2 Å². The van der Waals surface area contributed by atoms with Gasteiger partial charge in [0, 0.05) is 18.2 Å². The zero-order valence-corrected chi connectivity index (χ0v) is 14.0. The maximum Gasteiger partial charge on any atom is 0.228 e. The van der Waals surface area contributed by atoms with Gasteiger partial charge in [0.05, 0.1) is 6.54 Å². The highest BCUT2D eigenvalue weighted by Gasteiger charge is 2.22. The molecule has 1 amide bonds. The molecule has 1 aromatic heterocycles. The molecule has 118 valence electrons. The Labute approximate surface area is 141 Å². The fourth-order valence-electron chi connectivity index (χ4n) is 2.75. The summed E-state index contributed by atoms with van der Waals surface area (Å²) in [6.45, 7) is 1.69. The van der Waals surface area contributed by atoms with Crippen molar-refractivity contribution in [3.63, 3.8) is 0 Å². The number of thiophene rings is 1. The zero-order valence-electron chi connectivity index (χ0n) is 12.4. The molecule has 3 nitrogen and oxygen atoms in total. The smallest absolute Gasteiger partial charge is 0.228 e. The summed E-state index contributed by atoms with van der Waals surface area (Å²) in [6.07, 6.45) is 2.86. The molecule has 0 saturated carbocycles. The number of nitrogens with one attached hydrogen (secondary N) is 1. The highest BCUT2D eigenvalue weighted by Crippen LogP contribution is 2.21. The van der Waals surface area contributed by atoms with Crippen LogP contribution in [0.5, 0.6) is 0 Å². The van der Waals surface area contributed by atoms with E-state index in [1.54, 1.807) is 11.3 Å². The number of rotatable bonds is 5. The third-order valence-electron chi connectivity index (χ3n) is 3.87. The lowest BCUT2D eigenvalue weighted by molar-refractivity contribution is -0.119. The number of nitrogens with zero attached hydrogens (tertiary/aromatic N) is 1. The first-order valence-electron chi connectivity index (χ1n) is 7.43. The molecule has 0 bridgehead atoms. The third-order valence-corrected chi connectivity index (χ3v) is 4.61. The molecule has 0 aliphatic carbocycles. The molecule has 3 rings (SSSR count). The van der Waals surface area contributed by atoms with Gasteiger partial charge in [-0.1, -0.05) is 18.2 Å². The molecule has 1 unspecified atom stereocenters. The minimum Gasteiger partial charge on any atom is -0.313 e. The van der Waals surface area contributed by atoms with Crippen LogP contribution in [0, 0.1) is 0 Å². The van der Waals surface area contributed by atoms with Crippen LogP contribution in [0.2, 0.25) is 0 Å². The second kappa shape index (κ2) is 8.32. The summed E-state index contributed by atoms with van der Waals surface area (Å²) in [4.78, 5) is 14.6. The van der Waals surface area contributed by atoms with E-state index in [1.165, 1.54) is 12.0 Å². The predicted octanol–water partition coefficient (Wildman–Crippen LogP) is 3.85. The van der Waals surface area contributed by atoms with E-state index in [2.05, 4.69) is 22.1 Å². The molecule has 2 aromatic rings. The van der Waals surface area contributed by atoms with E-state index in [1.807, 2.05) is 35.2 Å². The molecular weight excluding hydrogens is 316 g/mol. The van der Waals surface area contributed by atoms with Crippen LogP contribution in [0.4, 0.5) is 5.69 Å². The van der Waals surface area contributed by atoms with Gasteiger partial charge >= 0.3 is 0 Å². The minimum atomic E-state index is 0. The van der Waals surface area contributed by atoms with Gasteiger partial charge in [-0.3, -0.25) is 4.79 Å². The van der Waals surface area contributed by atoms with E-state index >= 15 is 0 Å². The van der Waals surface area contributed by atoms with Gasteiger partial charge in [0.25, 0.3) is 0 Å². The Morgan fingerprint density at radius 3 is 2.73 bits per heavy atom. The number of halogens is 1.